The summed E-state index contributed by atoms with van der Waals surface area (Å²) in [5.74, 6) is 0.575. The van der Waals surface area contributed by atoms with Crippen LogP contribution >= 0.6 is 0 Å². The Labute approximate surface area is 111 Å². The van der Waals surface area contributed by atoms with E-state index in [0.717, 1.165) is 37.4 Å². The minimum Gasteiger partial charge on any atom is -0.406 e. The van der Waals surface area contributed by atoms with Crippen molar-refractivity contribution in [2.24, 2.45) is 5.92 Å². The lowest BCUT2D eigenvalue weighted by Crippen LogP contribution is -2.27. The van der Waals surface area contributed by atoms with Crippen LogP contribution in [-0.2, 0) is 6.42 Å². The van der Waals surface area contributed by atoms with Crippen LogP contribution in [0, 0.1) is 5.92 Å². The predicted molar refractivity (Wildman–Crippen MR) is 67.0 cm³/mol. The molecule has 1 aromatic rings. The maximum Gasteiger partial charge on any atom is 0.573 e. The Morgan fingerprint density at radius 1 is 1.11 bits per heavy atom. The van der Waals surface area contributed by atoms with Crippen LogP contribution in [0.5, 0.6) is 5.75 Å². The minimum absolute atomic E-state index is 0.155. The fourth-order valence-corrected chi connectivity index (χ4v) is 2.40. The molecule has 0 radical (unpaired) electrons. The van der Waals surface area contributed by atoms with Gasteiger partial charge in [-0.2, -0.15) is 0 Å². The van der Waals surface area contributed by atoms with E-state index in [1.807, 2.05) is 0 Å². The number of benzene rings is 1. The van der Waals surface area contributed by atoms with Crippen LogP contribution in [0.3, 0.4) is 0 Å². The van der Waals surface area contributed by atoms with Crippen LogP contribution in [0.4, 0.5) is 13.2 Å². The minimum atomic E-state index is -4.61. The summed E-state index contributed by atoms with van der Waals surface area (Å²) in [5, 5.41) is 3.32. The molecule has 0 amide bonds. The largest absolute Gasteiger partial charge is 0.573 e. The molecule has 0 bridgehead atoms. The summed E-state index contributed by atoms with van der Waals surface area (Å²) in [7, 11) is 0. The van der Waals surface area contributed by atoms with Gasteiger partial charge in [-0.15, -0.1) is 13.2 Å². The number of aryl methyl sites for hydroxylation is 1. The van der Waals surface area contributed by atoms with Gasteiger partial charge in [0.05, 0.1) is 0 Å². The van der Waals surface area contributed by atoms with Crippen LogP contribution in [0.2, 0.25) is 0 Å². The zero-order valence-electron chi connectivity index (χ0n) is 10.7. The van der Waals surface area contributed by atoms with E-state index in [4.69, 9.17) is 0 Å². The standard InChI is InChI=1S/C14H18F3NO/c15-14(16,17)19-13-5-3-11(4-6-13)1-2-12-7-9-18-10-8-12/h3-6,12,18H,1-2,7-10H2. The maximum atomic E-state index is 12.0. The van der Waals surface area contributed by atoms with Gasteiger partial charge < -0.3 is 10.1 Å². The maximum absolute atomic E-state index is 12.0. The van der Waals surface area contributed by atoms with Crippen molar-refractivity contribution < 1.29 is 17.9 Å². The molecule has 1 aliphatic heterocycles. The number of nitrogens with one attached hydrogen (secondary N) is 1. The van der Waals surface area contributed by atoms with Crippen LogP contribution < -0.4 is 10.1 Å². The van der Waals surface area contributed by atoms with Gasteiger partial charge >= 0.3 is 6.36 Å². The van der Waals surface area contributed by atoms with Crippen LogP contribution in [0.1, 0.15) is 24.8 Å². The first kappa shape index (κ1) is 14.2. The molecule has 1 aliphatic rings. The van der Waals surface area contributed by atoms with E-state index in [1.54, 1.807) is 12.1 Å². The molecule has 0 unspecified atom stereocenters. The molecule has 1 aromatic carbocycles. The van der Waals surface area contributed by atoms with Gasteiger partial charge in [-0.3, -0.25) is 0 Å². The average Bonchev–Trinajstić information content (AvgIpc) is 2.37. The number of hydrogen-bond donors (Lipinski definition) is 1. The zero-order chi connectivity index (χ0) is 13.7. The molecule has 2 nitrogen and oxygen atoms in total. The SMILES string of the molecule is FC(F)(F)Oc1ccc(CCC2CCNCC2)cc1. The molecule has 106 valence electrons. The second-order valence-electron chi connectivity index (χ2n) is 4.92. The van der Waals surface area contributed by atoms with Gasteiger partial charge in [0.2, 0.25) is 0 Å². The number of alkyl halides is 3. The number of halogens is 3. The summed E-state index contributed by atoms with van der Waals surface area (Å²) in [5.41, 5.74) is 1.06. The molecule has 0 spiro atoms. The third-order valence-corrected chi connectivity index (χ3v) is 3.46. The molecule has 0 saturated carbocycles. The van der Waals surface area contributed by atoms with E-state index < -0.39 is 6.36 Å². The molecule has 1 saturated heterocycles. The fourth-order valence-electron chi connectivity index (χ4n) is 2.40. The fraction of sp³-hybridized carbons (Fsp3) is 0.571. The average molecular weight is 273 g/mol. The van der Waals surface area contributed by atoms with Gasteiger partial charge in [0, 0.05) is 0 Å². The van der Waals surface area contributed by atoms with Crippen molar-refractivity contribution in [2.75, 3.05) is 13.1 Å². The number of rotatable bonds is 4. The smallest absolute Gasteiger partial charge is 0.406 e. The Hall–Kier alpha value is -1.23. The number of hydrogen-bond acceptors (Lipinski definition) is 2. The number of piperidine rings is 1. The van der Waals surface area contributed by atoms with Gasteiger partial charge in [0.25, 0.3) is 0 Å². The third kappa shape index (κ3) is 5.11. The summed E-state index contributed by atoms with van der Waals surface area (Å²) >= 11 is 0. The van der Waals surface area contributed by atoms with E-state index in [2.05, 4.69) is 10.1 Å². The Kier molecular flexibility index (Phi) is 4.69. The zero-order valence-corrected chi connectivity index (χ0v) is 10.7. The summed E-state index contributed by atoms with van der Waals surface area (Å²) in [6.07, 6.45) is -0.223. The van der Waals surface area contributed by atoms with Crippen molar-refractivity contribution in [3.63, 3.8) is 0 Å². The lowest BCUT2D eigenvalue weighted by atomic mass is 9.91. The molecule has 0 aliphatic carbocycles. The summed E-state index contributed by atoms with van der Waals surface area (Å²) in [6, 6.07) is 6.18. The Balaban J connectivity index is 1.81. The van der Waals surface area contributed by atoms with Crippen molar-refractivity contribution in [1.82, 2.24) is 5.32 Å². The molecule has 1 N–H and O–H groups in total. The quantitative estimate of drug-likeness (QED) is 0.906. The monoisotopic (exact) mass is 273 g/mol. The van der Waals surface area contributed by atoms with E-state index in [9.17, 15) is 13.2 Å². The van der Waals surface area contributed by atoms with Crippen molar-refractivity contribution in [3.05, 3.63) is 29.8 Å². The first-order valence-electron chi connectivity index (χ1n) is 6.58. The predicted octanol–water partition coefficient (Wildman–Crippen LogP) is 3.52. The first-order valence-corrected chi connectivity index (χ1v) is 6.58. The van der Waals surface area contributed by atoms with Gasteiger partial charge in [-0.25, -0.2) is 0 Å². The van der Waals surface area contributed by atoms with Gasteiger partial charge in [-0.1, -0.05) is 12.1 Å². The first-order chi connectivity index (χ1) is 9.03. The van der Waals surface area contributed by atoms with E-state index in [0.29, 0.717) is 0 Å². The van der Waals surface area contributed by atoms with Crippen molar-refractivity contribution in [1.29, 1.82) is 0 Å². The molecular weight excluding hydrogens is 255 g/mol. The lowest BCUT2D eigenvalue weighted by molar-refractivity contribution is -0.274. The number of ether oxygens (including phenoxy) is 1. The van der Waals surface area contributed by atoms with Crippen molar-refractivity contribution in [2.45, 2.75) is 32.0 Å². The highest BCUT2D eigenvalue weighted by Crippen LogP contribution is 2.24. The highest BCUT2D eigenvalue weighted by molar-refractivity contribution is 5.27. The molecule has 2 rings (SSSR count). The second kappa shape index (κ2) is 6.28. The van der Waals surface area contributed by atoms with Crippen molar-refractivity contribution >= 4 is 0 Å². The highest BCUT2D eigenvalue weighted by Gasteiger charge is 2.30. The molecule has 0 atom stereocenters. The molecule has 5 heteroatoms. The highest BCUT2D eigenvalue weighted by atomic mass is 19.4. The van der Waals surface area contributed by atoms with E-state index >= 15 is 0 Å². The van der Waals surface area contributed by atoms with Crippen LogP contribution in [0.25, 0.3) is 0 Å². The Morgan fingerprint density at radius 2 is 1.74 bits per heavy atom. The molecule has 19 heavy (non-hydrogen) atoms. The lowest BCUT2D eigenvalue weighted by Gasteiger charge is -2.22. The molecule has 1 fully saturated rings. The second-order valence-corrected chi connectivity index (χ2v) is 4.92. The van der Waals surface area contributed by atoms with E-state index in [-0.39, 0.29) is 5.75 Å². The third-order valence-electron chi connectivity index (χ3n) is 3.46. The van der Waals surface area contributed by atoms with Crippen LogP contribution in [-0.4, -0.2) is 19.5 Å². The van der Waals surface area contributed by atoms with Gasteiger partial charge in [0.15, 0.2) is 0 Å². The van der Waals surface area contributed by atoms with Crippen molar-refractivity contribution in [3.8, 4) is 5.75 Å². The summed E-state index contributed by atoms with van der Waals surface area (Å²) in [6.45, 7) is 2.14. The normalized spacial score (nSPS) is 17.4. The summed E-state index contributed by atoms with van der Waals surface area (Å²) in [4.78, 5) is 0. The van der Waals surface area contributed by atoms with Crippen LogP contribution in [0.15, 0.2) is 24.3 Å². The topological polar surface area (TPSA) is 21.3 Å². The molecule has 1 heterocycles. The van der Waals surface area contributed by atoms with E-state index in [1.165, 1.54) is 25.0 Å². The Morgan fingerprint density at radius 3 is 2.32 bits per heavy atom. The molecular formula is C14H18F3NO. The van der Waals surface area contributed by atoms with Gasteiger partial charge in [-0.05, 0) is 62.4 Å². The molecule has 0 aromatic heterocycles. The van der Waals surface area contributed by atoms with Gasteiger partial charge in [0.1, 0.15) is 5.75 Å². The summed E-state index contributed by atoms with van der Waals surface area (Å²) < 4.78 is 39.9. The Bertz CT molecular complexity index is 383.